The highest BCUT2D eigenvalue weighted by Gasteiger charge is 2.28. The third-order valence-electron chi connectivity index (χ3n) is 4.37. The van der Waals surface area contributed by atoms with E-state index < -0.39 is 0 Å². The molecule has 0 spiro atoms. The predicted octanol–water partition coefficient (Wildman–Crippen LogP) is 3.11. The van der Waals surface area contributed by atoms with Crippen LogP contribution in [0.4, 0.5) is 17.1 Å². The summed E-state index contributed by atoms with van der Waals surface area (Å²) in [6.45, 7) is 6.70. The van der Waals surface area contributed by atoms with Crippen LogP contribution in [0.25, 0.3) is 0 Å². The highest BCUT2D eigenvalue weighted by Crippen LogP contribution is 2.48. The van der Waals surface area contributed by atoms with Crippen LogP contribution in [-0.4, -0.2) is 44.2 Å². The average Bonchev–Trinajstić information content (AvgIpc) is 3.01. The quantitative estimate of drug-likeness (QED) is 0.869. The van der Waals surface area contributed by atoms with Gasteiger partial charge in [0.05, 0.1) is 29.2 Å². The van der Waals surface area contributed by atoms with E-state index in [9.17, 15) is 0 Å². The molecule has 4 rings (SSSR count). The first kappa shape index (κ1) is 14.9. The van der Waals surface area contributed by atoms with Crippen molar-refractivity contribution in [2.45, 2.75) is 0 Å². The minimum atomic E-state index is 1.05. The zero-order valence-corrected chi connectivity index (χ0v) is 14.0. The summed E-state index contributed by atoms with van der Waals surface area (Å²) in [6, 6.07) is 19.3. The van der Waals surface area contributed by atoms with Gasteiger partial charge in [0, 0.05) is 39.3 Å². The fraction of sp³-hybridized carbons (Fsp3) is 0.333. The van der Waals surface area contributed by atoms with Crippen LogP contribution in [0.2, 0.25) is 0 Å². The SMILES string of the molecule is c1ccc(N2SN(CCN3CCNCC3)c3ccccc32)cc1. The molecule has 1 saturated heterocycles. The third kappa shape index (κ3) is 3.17. The van der Waals surface area contributed by atoms with Crippen molar-refractivity contribution in [2.75, 3.05) is 47.9 Å². The van der Waals surface area contributed by atoms with Gasteiger partial charge in [-0.05, 0) is 24.3 Å². The van der Waals surface area contributed by atoms with Gasteiger partial charge in [0.1, 0.15) is 0 Å². The van der Waals surface area contributed by atoms with E-state index in [1.54, 1.807) is 12.1 Å². The number of nitrogens with one attached hydrogen (secondary N) is 1. The summed E-state index contributed by atoms with van der Waals surface area (Å²) in [4.78, 5) is 2.55. The van der Waals surface area contributed by atoms with Crippen LogP contribution in [0.3, 0.4) is 0 Å². The van der Waals surface area contributed by atoms with Crippen molar-refractivity contribution < 1.29 is 0 Å². The van der Waals surface area contributed by atoms with E-state index in [2.05, 4.69) is 73.4 Å². The minimum absolute atomic E-state index is 1.05. The van der Waals surface area contributed by atoms with E-state index in [-0.39, 0.29) is 0 Å². The smallest absolute Gasteiger partial charge is 0.0784 e. The maximum atomic E-state index is 3.42. The molecule has 2 heterocycles. The summed E-state index contributed by atoms with van der Waals surface area (Å²) in [5, 5.41) is 3.42. The van der Waals surface area contributed by atoms with Gasteiger partial charge in [0.25, 0.3) is 0 Å². The van der Waals surface area contributed by atoms with Gasteiger partial charge in [-0.25, -0.2) is 0 Å². The normalized spacial score (nSPS) is 18.3. The van der Waals surface area contributed by atoms with Crippen molar-refractivity contribution >= 4 is 29.2 Å². The molecule has 4 nitrogen and oxygen atoms in total. The van der Waals surface area contributed by atoms with E-state index in [4.69, 9.17) is 0 Å². The molecular formula is C18H22N4S. The number of hydrogen-bond acceptors (Lipinski definition) is 5. The average molecular weight is 326 g/mol. The lowest BCUT2D eigenvalue weighted by molar-refractivity contribution is 0.248. The first-order chi connectivity index (χ1) is 11.4. The van der Waals surface area contributed by atoms with Gasteiger partial charge in [0.15, 0.2) is 0 Å². The zero-order valence-electron chi connectivity index (χ0n) is 13.2. The second kappa shape index (κ2) is 6.83. The van der Waals surface area contributed by atoms with E-state index >= 15 is 0 Å². The van der Waals surface area contributed by atoms with E-state index in [1.165, 1.54) is 17.1 Å². The number of benzene rings is 2. The topological polar surface area (TPSA) is 21.8 Å². The van der Waals surface area contributed by atoms with Crippen molar-refractivity contribution in [1.29, 1.82) is 0 Å². The summed E-state index contributed by atoms with van der Waals surface area (Å²) in [6.07, 6.45) is 0. The van der Waals surface area contributed by atoms with Gasteiger partial charge in [-0.15, -0.1) is 0 Å². The van der Waals surface area contributed by atoms with E-state index in [0.29, 0.717) is 0 Å². The fourth-order valence-corrected chi connectivity index (χ4v) is 4.17. The Hall–Kier alpha value is -1.69. The first-order valence-electron chi connectivity index (χ1n) is 8.25. The molecule has 5 heteroatoms. The molecule has 0 saturated carbocycles. The molecule has 0 aromatic heterocycles. The van der Waals surface area contributed by atoms with Crippen molar-refractivity contribution in [1.82, 2.24) is 10.2 Å². The second-order valence-corrected chi connectivity index (χ2v) is 6.86. The molecule has 0 amide bonds. The number of hydrogen-bond donors (Lipinski definition) is 1. The monoisotopic (exact) mass is 326 g/mol. The number of fused-ring (bicyclic) bond motifs is 1. The van der Waals surface area contributed by atoms with Gasteiger partial charge in [-0.3, -0.25) is 13.5 Å². The van der Waals surface area contributed by atoms with Crippen LogP contribution in [0.15, 0.2) is 54.6 Å². The maximum absolute atomic E-state index is 3.42. The number of anilines is 3. The van der Waals surface area contributed by atoms with Gasteiger partial charge in [-0.1, -0.05) is 30.3 Å². The summed E-state index contributed by atoms with van der Waals surface area (Å²) in [7, 11) is 0. The summed E-state index contributed by atoms with van der Waals surface area (Å²) in [5.41, 5.74) is 3.83. The van der Waals surface area contributed by atoms with Crippen LogP contribution in [0.5, 0.6) is 0 Å². The molecule has 0 unspecified atom stereocenters. The zero-order chi connectivity index (χ0) is 15.5. The van der Waals surface area contributed by atoms with E-state index in [0.717, 1.165) is 39.3 Å². The van der Waals surface area contributed by atoms with Crippen molar-refractivity contribution in [3.8, 4) is 0 Å². The molecule has 0 bridgehead atoms. The molecule has 23 heavy (non-hydrogen) atoms. The van der Waals surface area contributed by atoms with Gasteiger partial charge >= 0.3 is 0 Å². The summed E-state index contributed by atoms with van der Waals surface area (Å²) >= 11 is 1.81. The molecular weight excluding hydrogens is 304 g/mol. The Morgan fingerprint density at radius 3 is 2.30 bits per heavy atom. The largest absolute Gasteiger partial charge is 0.314 e. The Kier molecular flexibility index (Phi) is 4.41. The summed E-state index contributed by atoms with van der Waals surface area (Å²) in [5.74, 6) is 0. The first-order valence-corrected chi connectivity index (χ1v) is 8.98. The number of piperazine rings is 1. The lowest BCUT2D eigenvalue weighted by Gasteiger charge is -2.29. The van der Waals surface area contributed by atoms with Gasteiger partial charge in [0.2, 0.25) is 0 Å². The van der Waals surface area contributed by atoms with Crippen LogP contribution in [0.1, 0.15) is 0 Å². The fourth-order valence-electron chi connectivity index (χ4n) is 3.11. The molecule has 0 aliphatic carbocycles. The molecule has 1 N–H and O–H groups in total. The number of rotatable bonds is 4. The molecule has 2 aliphatic heterocycles. The number of nitrogens with zero attached hydrogens (tertiary/aromatic N) is 3. The molecule has 2 aromatic rings. The van der Waals surface area contributed by atoms with Crippen LogP contribution >= 0.6 is 12.1 Å². The van der Waals surface area contributed by atoms with E-state index in [1.807, 2.05) is 0 Å². The minimum Gasteiger partial charge on any atom is -0.314 e. The Balaban J connectivity index is 1.50. The summed E-state index contributed by atoms with van der Waals surface area (Å²) < 4.78 is 4.75. The Labute approximate surface area is 142 Å². The molecule has 1 fully saturated rings. The lowest BCUT2D eigenvalue weighted by atomic mass is 10.2. The second-order valence-electron chi connectivity index (χ2n) is 5.89. The highest BCUT2D eigenvalue weighted by atomic mass is 32.2. The Morgan fingerprint density at radius 2 is 1.52 bits per heavy atom. The van der Waals surface area contributed by atoms with Crippen LogP contribution < -0.4 is 13.9 Å². The van der Waals surface area contributed by atoms with Gasteiger partial charge < -0.3 is 5.32 Å². The lowest BCUT2D eigenvalue weighted by Crippen LogP contribution is -2.45. The third-order valence-corrected chi connectivity index (χ3v) is 5.52. The standard InChI is InChI=1S/C18H22N4S/c1-2-6-16(7-3-1)22-18-9-5-4-8-17(18)21(23-22)15-14-20-12-10-19-11-13-20/h1-9,19H,10-15H2. The highest BCUT2D eigenvalue weighted by molar-refractivity contribution is 8.02. The molecule has 0 radical (unpaired) electrons. The van der Waals surface area contributed by atoms with Crippen molar-refractivity contribution in [3.63, 3.8) is 0 Å². The molecule has 120 valence electrons. The molecule has 0 atom stereocenters. The van der Waals surface area contributed by atoms with Crippen molar-refractivity contribution in [2.24, 2.45) is 0 Å². The molecule has 2 aliphatic rings. The molecule has 2 aromatic carbocycles. The van der Waals surface area contributed by atoms with Gasteiger partial charge in [-0.2, -0.15) is 0 Å². The van der Waals surface area contributed by atoms with Crippen molar-refractivity contribution in [3.05, 3.63) is 54.6 Å². The van der Waals surface area contributed by atoms with Crippen LogP contribution in [0, 0.1) is 0 Å². The van der Waals surface area contributed by atoms with Crippen LogP contribution in [-0.2, 0) is 0 Å². The Bertz CT molecular complexity index is 642. The Morgan fingerprint density at radius 1 is 0.826 bits per heavy atom. The number of para-hydroxylation sites is 3. The maximum Gasteiger partial charge on any atom is 0.0784 e. The predicted molar refractivity (Wildman–Crippen MR) is 99.3 cm³/mol.